The Kier molecular flexibility index (Phi) is 4.87. The van der Waals surface area contributed by atoms with Crippen molar-refractivity contribution in [3.8, 4) is 23.0 Å². The van der Waals surface area contributed by atoms with Crippen LogP contribution in [0, 0.1) is 5.82 Å². The minimum Gasteiger partial charge on any atom is -0.454 e. The van der Waals surface area contributed by atoms with Crippen molar-refractivity contribution in [2.75, 3.05) is 6.79 Å². The minimum atomic E-state index is -0.438. The number of halogens is 1. The number of para-hydroxylation sites is 1. The van der Waals surface area contributed by atoms with E-state index in [1.54, 1.807) is 30.5 Å². The molecule has 136 valence electrons. The zero-order valence-electron chi connectivity index (χ0n) is 14.3. The number of oxime groups is 1. The summed E-state index contributed by atoms with van der Waals surface area (Å²) in [5.74, 6) is 1.66. The molecule has 0 fully saturated rings. The van der Waals surface area contributed by atoms with Gasteiger partial charge in [-0.1, -0.05) is 29.4 Å². The highest BCUT2D eigenvalue weighted by Gasteiger charge is 2.12. The summed E-state index contributed by atoms with van der Waals surface area (Å²) in [5.41, 5.74) is 1.57. The molecular formula is C21H16FNO4. The minimum absolute atomic E-state index is 0.141. The molecule has 0 bridgehead atoms. The van der Waals surface area contributed by atoms with E-state index in [-0.39, 0.29) is 19.1 Å². The molecule has 27 heavy (non-hydrogen) atoms. The van der Waals surface area contributed by atoms with Gasteiger partial charge in [0.05, 0.1) is 6.21 Å². The molecule has 0 spiro atoms. The summed E-state index contributed by atoms with van der Waals surface area (Å²) >= 11 is 0. The van der Waals surface area contributed by atoms with Crippen LogP contribution in [0.1, 0.15) is 11.1 Å². The molecule has 0 saturated carbocycles. The molecule has 3 aromatic rings. The fourth-order valence-corrected chi connectivity index (χ4v) is 2.53. The second kappa shape index (κ2) is 7.78. The molecule has 0 aliphatic carbocycles. The summed E-state index contributed by atoms with van der Waals surface area (Å²) in [4.78, 5) is 5.31. The number of benzene rings is 3. The van der Waals surface area contributed by atoms with Gasteiger partial charge in [0, 0.05) is 5.56 Å². The van der Waals surface area contributed by atoms with Crippen LogP contribution >= 0.6 is 0 Å². The van der Waals surface area contributed by atoms with Crippen LogP contribution in [-0.2, 0) is 11.4 Å². The highest BCUT2D eigenvalue weighted by Crippen LogP contribution is 2.32. The summed E-state index contributed by atoms with van der Waals surface area (Å²) in [6, 6.07) is 19.1. The van der Waals surface area contributed by atoms with E-state index < -0.39 is 5.82 Å². The van der Waals surface area contributed by atoms with Crippen LogP contribution < -0.4 is 14.2 Å². The lowest BCUT2D eigenvalue weighted by Crippen LogP contribution is -1.93. The van der Waals surface area contributed by atoms with E-state index in [1.165, 1.54) is 6.07 Å². The predicted molar refractivity (Wildman–Crippen MR) is 97.9 cm³/mol. The van der Waals surface area contributed by atoms with E-state index in [4.69, 9.17) is 19.0 Å². The highest BCUT2D eigenvalue weighted by molar-refractivity contribution is 5.80. The molecule has 0 aromatic heterocycles. The predicted octanol–water partition coefficient (Wildman–Crippen LogP) is 4.90. The van der Waals surface area contributed by atoms with E-state index in [9.17, 15) is 4.39 Å². The van der Waals surface area contributed by atoms with E-state index in [0.717, 1.165) is 11.1 Å². The van der Waals surface area contributed by atoms with Crippen LogP contribution in [0.3, 0.4) is 0 Å². The van der Waals surface area contributed by atoms with Crippen molar-refractivity contribution in [1.82, 2.24) is 0 Å². The van der Waals surface area contributed by atoms with Crippen molar-refractivity contribution in [3.63, 3.8) is 0 Å². The number of hydrogen-bond acceptors (Lipinski definition) is 5. The second-order valence-electron chi connectivity index (χ2n) is 5.80. The SMILES string of the molecule is Fc1ccc(CON=Cc2ccc3c(c2)OCO3)cc1Oc1ccccc1. The second-order valence-corrected chi connectivity index (χ2v) is 5.80. The topological polar surface area (TPSA) is 49.3 Å². The Balaban J connectivity index is 1.37. The van der Waals surface area contributed by atoms with Crippen molar-refractivity contribution >= 4 is 6.21 Å². The average molecular weight is 365 g/mol. The maximum atomic E-state index is 14.0. The van der Waals surface area contributed by atoms with Gasteiger partial charge in [0.25, 0.3) is 0 Å². The van der Waals surface area contributed by atoms with Crippen molar-refractivity contribution in [1.29, 1.82) is 0 Å². The van der Waals surface area contributed by atoms with Gasteiger partial charge in [-0.05, 0) is 48.0 Å². The molecule has 0 unspecified atom stereocenters. The quantitative estimate of drug-likeness (QED) is 0.461. The first kappa shape index (κ1) is 16.9. The molecule has 5 nitrogen and oxygen atoms in total. The van der Waals surface area contributed by atoms with E-state index in [2.05, 4.69) is 5.16 Å². The highest BCUT2D eigenvalue weighted by atomic mass is 19.1. The number of fused-ring (bicyclic) bond motifs is 1. The van der Waals surface area contributed by atoms with Gasteiger partial charge in [-0.25, -0.2) is 4.39 Å². The van der Waals surface area contributed by atoms with Crippen LogP contribution in [0.5, 0.6) is 23.0 Å². The summed E-state index contributed by atoms with van der Waals surface area (Å²) < 4.78 is 30.1. The molecule has 3 aromatic carbocycles. The van der Waals surface area contributed by atoms with Gasteiger partial charge in [-0.2, -0.15) is 0 Å². The van der Waals surface area contributed by atoms with Crippen LogP contribution in [0.4, 0.5) is 4.39 Å². The third kappa shape index (κ3) is 4.17. The van der Waals surface area contributed by atoms with Crippen molar-refractivity contribution < 1.29 is 23.4 Å². The van der Waals surface area contributed by atoms with Crippen LogP contribution in [0.15, 0.2) is 71.9 Å². The lowest BCUT2D eigenvalue weighted by atomic mass is 10.2. The lowest BCUT2D eigenvalue weighted by molar-refractivity contribution is 0.132. The number of ether oxygens (including phenoxy) is 3. The third-order valence-corrected chi connectivity index (χ3v) is 3.87. The third-order valence-electron chi connectivity index (χ3n) is 3.87. The number of hydrogen-bond donors (Lipinski definition) is 0. The molecule has 0 N–H and O–H groups in total. The van der Waals surface area contributed by atoms with Gasteiger partial charge in [0.2, 0.25) is 6.79 Å². The monoisotopic (exact) mass is 365 g/mol. The molecule has 1 aliphatic heterocycles. The smallest absolute Gasteiger partial charge is 0.231 e. The van der Waals surface area contributed by atoms with Crippen LogP contribution in [-0.4, -0.2) is 13.0 Å². The molecule has 1 aliphatic rings. The Bertz CT molecular complexity index is 960. The number of rotatable bonds is 6. The summed E-state index contributed by atoms with van der Waals surface area (Å²) in [5, 5.41) is 3.94. The molecule has 0 radical (unpaired) electrons. The molecule has 0 atom stereocenters. The van der Waals surface area contributed by atoms with Crippen LogP contribution in [0.25, 0.3) is 0 Å². The average Bonchev–Trinajstić information content (AvgIpc) is 3.16. The maximum Gasteiger partial charge on any atom is 0.231 e. The molecule has 0 saturated heterocycles. The van der Waals surface area contributed by atoms with Crippen molar-refractivity contribution in [2.45, 2.75) is 6.61 Å². The molecule has 6 heteroatoms. The molecule has 0 amide bonds. The van der Waals surface area contributed by atoms with Gasteiger partial charge in [0.15, 0.2) is 23.1 Å². The van der Waals surface area contributed by atoms with Crippen molar-refractivity contribution in [3.05, 3.63) is 83.7 Å². The van der Waals surface area contributed by atoms with Gasteiger partial charge < -0.3 is 19.0 Å². The Labute approximate surface area is 155 Å². The zero-order valence-corrected chi connectivity index (χ0v) is 14.3. The van der Waals surface area contributed by atoms with E-state index in [1.807, 2.05) is 36.4 Å². The lowest BCUT2D eigenvalue weighted by Gasteiger charge is -2.08. The first-order chi connectivity index (χ1) is 13.3. The molecular weight excluding hydrogens is 349 g/mol. The Hall–Kier alpha value is -3.54. The maximum absolute atomic E-state index is 14.0. The molecule has 1 heterocycles. The van der Waals surface area contributed by atoms with E-state index >= 15 is 0 Å². The Morgan fingerprint density at radius 2 is 1.81 bits per heavy atom. The first-order valence-corrected chi connectivity index (χ1v) is 8.34. The van der Waals surface area contributed by atoms with Gasteiger partial charge in [0.1, 0.15) is 12.4 Å². The summed E-state index contributed by atoms with van der Waals surface area (Å²) in [7, 11) is 0. The van der Waals surface area contributed by atoms with Crippen LogP contribution in [0.2, 0.25) is 0 Å². The van der Waals surface area contributed by atoms with Gasteiger partial charge in [-0.3, -0.25) is 0 Å². The molecule has 4 rings (SSSR count). The van der Waals surface area contributed by atoms with Gasteiger partial charge in [-0.15, -0.1) is 0 Å². The normalized spacial score (nSPS) is 12.3. The van der Waals surface area contributed by atoms with Crippen molar-refractivity contribution in [2.24, 2.45) is 5.16 Å². The number of nitrogens with zero attached hydrogens (tertiary/aromatic N) is 1. The van der Waals surface area contributed by atoms with E-state index in [0.29, 0.717) is 17.2 Å². The fraction of sp³-hybridized carbons (Fsp3) is 0.0952. The Morgan fingerprint density at radius 1 is 0.963 bits per heavy atom. The Morgan fingerprint density at radius 3 is 2.70 bits per heavy atom. The summed E-state index contributed by atoms with van der Waals surface area (Å²) in [6.07, 6.45) is 1.58. The standard InChI is InChI=1S/C21H16FNO4/c22-18-8-6-16(11-20(18)27-17-4-2-1-3-5-17)13-26-23-12-15-7-9-19-21(10-15)25-14-24-19/h1-12H,13-14H2. The first-order valence-electron chi connectivity index (χ1n) is 8.34. The fourth-order valence-electron chi connectivity index (χ4n) is 2.53. The zero-order chi connectivity index (χ0) is 18.5. The van der Waals surface area contributed by atoms with Gasteiger partial charge >= 0.3 is 0 Å². The largest absolute Gasteiger partial charge is 0.454 e. The summed E-state index contributed by atoms with van der Waals surface area (Å²) in [6.45, 7) is 0.414.